The fraction of sp³-hybridized carbons (Fsp3) is 0.176. The first-order valence-electron chi connectivity index (χ1n) is 7.36. The molecular weight excluding hydrogens is 326 g/mol. The van der Waals surface area contributed by atoms with Gasteiger partial charge >= 0.3 is 5.69 Å². The first-order chi connectivity index (χ1) is 11.9. The number of aryl methyl sites for hydroxylation is 2. The third kappa shape index (κ3) is 5.03. The molecule has 0 atom stereocenters. The zero-order valence-electron chi connectivity index (χ0n) is 13.7. The number of rotatable bonds is 6. The Balaban J connectivity index is 1.90. The molecule has 2 N–H and O–H groups in total. The van der Waals surface area contributed by atoms with Crippen LogP contribution in [0.3, 0.4) is 0 Å². The summed E-state index contributed by atoms with van der Waals surface area (Å²) in [6.07, 6.45) is 1.24. The van der Waals surface area contributed by atoms with Gasteiger partial charge < -0.3 is 9.84 Å². The summed E-state index contributed by atoms with van der Waals surface area (Å²) in [5, 5.41) is 23.8. The predicted molar refractivity (Wildman–Crippen MR) is 91.9 cm³/mol. The van der Waals surface area contributed by atoms with Crippen molar-refractivity contribution in [1.29, 1.82) is 0 Å². The number of amides is 1. The van der Waals surface area contributed by atoms with E-state index in [1.165, 1.54) is 18.3 Å². The SMILES string of the molecule is Cc1ccc(OCC(=O)N/N=C/c2ccc(O)c([N+](=O)[O-])c2)c(C)c1. The average Bonchev–Trinajstić information content (AvgIpc) is 2.55. The number of aromatic hydroxyl groups is 1. The molecule has 0 aromatic heterocycles. The van der Waals surface area contributed by atoms with Crippen LogP contribution in [0.5, 0.6) is 11.5 Å². The summed E-state index contributed by atoms with van der Waals surface area (Å²) in [6, 6.07) is 9.39. The quantitative estimate of drug-likeness (QED) is 0.475. The van der Waals surface area contributed by atoms with E-state index >= 15 is 0 Å². The molecule has 8 heteroatoms. The van der Waals surface area contributed by atoms with Crippen molar-refractivity contribution in [2.75, 3.05) is 6.61 Å². The molecule has 0 unspecified atom stereocenters. The van der Waals surface area contributed by atoms with Gasteiger partial charge in [0.15, 0.2) is 12.4 Å². The molecule has 25 heavy (non-hydrogen) atoms. The highest BCUT2D eigenvalue weighted by Gasteiger charge is 2.12. The van der Waals surface area contributed by atoms with E-state index < -0.39 is 22.3 Å². The number of carbonyl (C=O) groups excluding carboxylic acids is 1. The van der Waals surface area contributed by atoms with Crippen molar-refractivity contribution in [2.45, 2.75) is 13.8 Å². The molecule has 2 aromatic carbocycles. The summed E-state index contributed by atoms with van der Waals surface area (Å²) >= 11 is 0. The topological polar surface area (TPSA) is 114 Å². The van der Waals surface area contributed by atoms with Crippen molar-refractivity contribution in [3.05, 3.63) is 63.2 Å². The lowest BCUT2D eigenvalue weighted by Gasteiger charge is -2.08. The summed E-state index contributed by atoms with van der Waals surface area (Å²) in [4.78, 5) is 21.7. The molecule has 0 bridgehead atoms. The van der Waals surface area contributed by atoms with Crippen LogP contribution in [0.1, 0.15) is 16.7 Å². The zero-order valence-corrected chi connectivity index (χ0v) is 13.7. The number of nitro groups is 1. The minimum atomic E-state index is -0.705. The molecule has 0 aliphatic carbocycles. The Morgan fingerprint density at radius 3 is 2.76 bits per heavy atom. The van der Waals surface area contributed by atoms with E-state index in [1.54, 1.807) is 6.07 Å². The van der Waals surface area contributed by atoms with Gasteiger partial charge in [-0.05, 0) is 37.6 Å². The van der Waals surface area contributed by atoms with Gasteiger partial charge in [0, 0.05) is 11.6 Å². The molecule has 2 aromatic rings. The number of nitro benzene ring substituents is 1. The van der Waals surface area contributed by atoms with Crippen molar-refractivity contribution in [3.8, 4) is 11.5 Å². The minimum Gasteiger partial charge on any atom is -0.502 e. The fourth-order valence-electron chi connectivity index (χ4n) is 2.08. The lowest BCUT2D eigenvalue weighted by molar-refractivity contribution is -0.385. The maximum atomic E-state index is 11.7. The van der Waals surface area contributed by atoms with Gasteiger partial charge in [0.05, 0.1) is 11.1 Å². The Hall–Kier alpha value is -3.42. The number of hydrogen-bond donors (Lipinski definition) is 2. The van der Waals surface area contributed by atoms with Gasteiger partial charge in [0.2, 0.25) is 0 Å². The molecule has 8 nitrogen and oxygen atoms in total. The second-order valence-corrected chi connectivity index (χ2v) is 5.36. The number of nitrogens with zero attached hydrogens (tertiary/aromatic N) is 2. The number of hydrogen-bond acceptors (Lipinski definition) is 6. The van der Waals surface area contributed by atoms with Gasteiger partial charge in [-0.25, -0.2) is 5.43 Å². The molecule has 0 heterocycles. The second-order valence-electron chi connectivity index (χ2n) is 5.36. The first kappa shape index (κ1) is 17.9. The second kappa shape index (κ2) is 7.91. The Labute approximate surface area is 143 Å². The summed E-state index contributed by atoms with van der Waals surface area (Å²) in [6.45, 7) is 3.64. The average molecular weight is 343 g/mol. The number of ether oxygens (including phenoxy) is 1. The predicted octanol–water partition coefficient (Wildman–Crippen LogP) is 2.45. The van der Waals surface area contributed by atoms with Crippen LogP contribution in [0.4, 0.5) is 5.69 Å². The van der Waals surface area contributed by atoms with E-state index in [2.05, 4.69) is 10.5 Å². The lowest BCUT2D eigenvalue weighted by Crippen LogP contribution is -2.24. The molecule has 0 fully saturated rings. The van der Waals surface area contributed by atoms with Crippen LogP contribution >= 0.6 is 0 Å². The molecule has 2 rings (SSSR count). The van der Waals surface area contributed by atoms with Gasteiger partial charge in [0.1, 0.15) is 5.75 Å². The van der Waals surface area contributed by atoms with Crippen molar-refractivity contribution < 1.29 is 19.6 Å². The molecule has 0 spiro atoms. The fourth-order valence-corrected chi connectivity index (χ4v) is 2.08. The highest BCUT2D eigenvalue weighted by atomic mass is 16.6. The molecule has 0 saturated carbocycles. The molecule has 0 aliphatic rings. The van der Waals surface area contributed by atoms with Crippen molar-refractivity contribution in [1.82, 2.24) is 5.43 Å². The van der Waals surface area contributed by atoms with Gasteiger partial charge in [-0.1, -0.05) is 17.7 Å². The van der Waals surface area contributed by atoms with Gasteiger partial charge in [-0.3, -0.25) is 14.9 Å². The first-order valence-corrected chi connectivity index (χ1v) is 7.36. The molecule has 130 valence electrons. The van der Waals surface area contributed by atoms with E-state index in [9.17, 15) is 20.0 Å². The number of phenolic OH excluding ortho intramolecular Hbond substituents is 1. The minimum absolute atomic E-state index is 0.211. The van der Waals surface area contributed by atoms with Crippen LogP contribution < -0.4 is 10.2 Å². The van der Waals surface area contributed by atoms with Crippen molar-refractivity contribution in [2.24, 2.45) is 5.10 Å². The Kier molecular flexibility index (Phi) is 5.67. The molecular formula is C17H17N3O5. The zero-order chi connectivity index (χ0) is 18.4. The van der Waals surface area contributed by atoms with Crippen LogP contribution in [0, 0.1) is 24.0 Å². The summed E-state index contributed by atoms with van der Waals surface area (Å²) < 4.78 is 5.41. The van der Waals surface area contributed by atoms with Crippen molar-refractivity contribution >= 4 is 17.8 Å². The number of benzene rings is 2. The number of phenols is 1. The van der Waals surface area contributed by atoms with E-state index in [4.69, 9.17) is 4.74 Å². The van der Waals surface area contributed by atoms with Crippen LogP contribution in [-0.2, 0) is 4.79 Å². The van der Waals surface area contributed by atoms with Gasteiger partial charge in [-0.2, -0.15) is 5.10 Å². The van der Waals surface area contributed by atoms with Crippen molar-refractivity contribution in [3.63, 3.8) is 0 Å². The Morgan fingerprint density at radius 2 is 2.08 bits per heavy atom. The van der Waals surface area contributed by atoms with E-state index in [0.717, 1.165) is 17.2 Å². The van der Waals surface area contributed by atoms with Crippen LogP contribution in [0.15, 0.2) is 41.5 Å². The normalized spacial score (nSPS) is 10.6. The largest absolute Gasteiger partial charge is 0.502 e. The van der Waals surface area contributed by atoms with E-state index in [0.29, 0.717) is 11.3 Å². The maximum Gasteiger partial charge on any atom is 0.311 e. The van der Waals surface area contributed by atoms with Gasteiger partial charge in [-0.15, -0.1) is 0 Å². The van der Waals surface area contributed by atoms with Crippen LogP contribution in [0.2, 0.25) is 0 Å². The highest BCUT2D eigenvalue weighted by molar-refractivity contribution is 5.84. The van der Waals surface area contributed by atoms with Crippen LogP contribution in [-0.4, -0.2) is 28.8 Å². The standard InChI is InChI=1S/C17H17N3O5/c1-11-3-6-16(12(2)7-11)25-10-17(22)19-18-9-13-4-5-15(21)14(8-13)20(23)24/h3-9,21H,10H2,1-2H3,(H,19,22)/b18-9+. The summed E-state index contributed by atoms with van der Waals surface area (Å²) in [7, 11) is 0. The number of nitrogens with one attached hydrogen (secondary N) is 1. The number of carbonyl (C=O) groups is 1. The smallest absolute Gasteiger partial charge is 0.311 e. The number of hydrazone groups is 1. The summed E-state index contributed by atoms with van der Waals surface area (Å²) in [5.74, 6) is -0.295. The third-order valence-electron chi connectivity index (χ3n) is 3.29. The molecule has 0 saturated heterocycles. The molecule has 0 aliphatic heterocycles. The monoisotopic (exact) mass is 343 g/mol. The third-order valence-corrected chi connectivity index (χ3v) is 3.29. The lowest BCUT2D eigenvalue weighted by atomic mass is 10.1. The van der Waals surface area contributed by atoms with Crippen LogP contribution in [0.25, 0.3) is 0 Å². The molecule has 1 amide bonds. The van der Waals surface area contributed by atoms with E-state index in [1.807, 2.05) is 26.0 Å². The Bertz CT molecular complexity index is 833. The Morgan fingerprint density at radius 1 is 1.32 bits per heavy atom. The van der Waals surface area contributed by atoms with E-state index in [-0.39, 0.29) is 6.61 Å². The molecule has 0 radical (unpaired) electrons. The maximum absolute atomic E-state index is 11.7. The van der Waals surface area contributed by atoms with Gasteiger partial charge in [0.25, 0.3) is 5.91 Å². The summed E-state index contributed by atoms with van der Waals surface area (Å²) in [5.41, 5.74) is 4.22. The highest BCUT2D eigenvalue weighted by Crippen LogP contribution is 2.25.